The number of aromatic nitrogens is 2. The van der Waals surface area contributed by atoms with Gasteiger partial charge in [0.25, 0.3) is 0 Å². The van der Waals surface area contributed by atoms with Gasteiger partial charge in [-0.1, -0.05) is 12.1 Å². The molecule has 0 fully saturated rings. The van der Waals surface area contributed by atoms with E-state index in [1.54, 1.807) is 44.4 Å². The number of imidazole rings is 1. The lowest BCUT2D eigenvalue weighted by Gasteiger charge is -2.21. The lowest BCUT2D eigenvalue weighted by molar-refractivity contribution is -0.145. The molecule has 0 saturated heterocycles. The molecule has 9 heteroatoms. The summed E-state index contributed by atoms with van der Waals surface area (Å²) in [4.78, 5) is 16.8. The minimum Gasteiger partial charge on any atom is -0.449 e. The van der Waals surface area contributed by atoms with Crippen LogP contribution in [0.2, 0.25) is 0 Å². The second kappa shape index (κ2) is 5.93. The van der Waals surface area contributed by atoms with Gasteiger partial charge in [-0.3, -0.25) is 3.79 Å². The molecule has 7 nitrogen and oxygen atoms in total. The summed E-state index contributed by atoms with van der Waals surface area (Å²) in [6.45, 7) is 3.53. The molecule has 2 aromatic heterocycles. The lowest BCUT2D eigenvalue weighted by Crippen LogP contribution is -2.22. The van der Waals surface area contributed by atoms with Crippen molar-refractivity contribution in [1.29, 1.82) is 0 Å². The third-order valence-electron chi connectivity index (χ3n) is 4.21. The predicted octanol–water partition coefficient (Wildman–Crippen LogP) is 2.92. The first-order chi connectivity index (χ1) is 12.6. The van der Waals surface area contributed by atoms with Crippen molar-refractivity contribution in [3.63, 3.8) is 0 Å². The molecule has 0 spiro atoms. The Hall–Kier alpha value is -2.65. The van der Waals surface area contributed by atoms with E-state index in [2.05, 4.69) is 4.98 Å². The molecule has 140 valence electrons. The van der Waals surface area contributed by atoms with Gasteiger partial charge >= 0.3 is 5.97 Å². The van der Waals surface area contributed by atoms with E-state index in [9.17, 15) is 13.2 Å². The van der Waals surface area contributed by atoms with Crippen molar-refractivity contribution in [2.75, 3.05) is 6.26 Å². The maximum absolute atomic E-state index is 12.4. The average molecular weight is 404 g/mol. The van der Waals surface area contributed by atoms with Crippen LogP contribution in [-0.4, -0.2) is 35.0 Å². The highest BCUT2D eigenvalue weighted by atomic mass is 32.2. The summed E-state index contributed by atoms with van der Waals surface area (Å²) in [5.41, 5.74) is 1.05. The van der Waals surface area contributed by atoms with Crippen LogP contribution in [0.4, 0.5) is 0 Å². The minimum absolute atomic E-state index is 0.0941. The van der Waals surface area contributed by atoms with Crippen molar-refractivity contribution in [2.45, 2.75) is 24.3 Å². The second-order valence-electron chi connectivity index (χ2n) is 6.67. The van der Waals surface area contributed by atoms with E-state index in [1.165, 1.54) is 23.7 Å². The Bertz CT molecular complexity index is 1160. The Balaban J connectivity index is 1.79. The molecule has 0 atom stereocenters. The molecule has 0 aliphatic carbocycles. The standard InChI is InChI=1S/C18H16N2O5S2/c1-18(2)15(11-4-6-12(7-5-11)27(3,22)23)16(17(21)25-18)24-14-10-13-19-8-9-20(13)26-14/h4-10H,1-3H3. The number of hydrogen-bond acceptors (Lipinski definition) is 7. The van der Waals surface area contributed by atoms with Crippen molar-refractivity contribution in [1.82, 2.24) is 8.77 Å². The Labute approximate surface area is 159 Å². The summed E-state index contributed by atoms with van der Waals surface area (Å²) in [6, 6.07) is 8.06. The zero-order valence-corrected chi connectivity index (χ0v) is 16.4. The monoisotopic (exact) mass is 404 g/mol. The molecule has 0 amide bonds. The van der Waals surface area contributed by atoms with Crippen molar-refractivity contribution >= 4 is 38.6 Å². The van der Waals surface area contributed by atoms with E-state index >= 15 is 0 Å². The number of rotatable bonds is 4. The predicted molar refractivity (Wildman–Crippen MR) is 100 cm³/mol. The third kappa shape index (κ3) is 3.13. The van der Waals surface area contributed by atoms with Gasteiger partial charge in [-0.05, 0) is 43.1 Å². The zero-order chi connectivity index (χ0) is 19.4. The normalized spacial score (nSPS) is 16.8. The summed E-state index contributed by atoms with van der Waals surface area (Å²) in [5.74, 6) is -0.468. The van der Waals surface area contributed by atoms with Gasteiger partial charge in [-0.2, -0.15) is 0 Å². The van der Waals surface area contributed by atoms with Crippen LogP contribution in [0.5, 0.6) is 5.06 Å². The highest BCUT2D eigenvalue weighted by Gasteiger charge is 2.43. The van der Waals surface area contributed by atoms with Crippen LogP contribution in [0, 0.1) is 0 Å². The number of esters is 1. The Kier molecular flexibility index (Phi) is 3.90. The van der Waals surface area contributed by atoms with E-state index in [-0.39, 0.29) is 10.7 Å². The van der Waals surface area contributed by atoms with Gasteiger partial charge < -0.3 is 9.47 Å². The first kappa shape index (κ1) is 17.7. The van der Waals surface area contributed by atoms with Crippen LogP contribution in [0.1, 0.15) is 19.4 Å². The number of nitrogens with zero attached hydrogens (tertiary/aromatic N) is 2. The quantitative estimate of drug-likeness (QED) is 0.622. The smallest absolute Gasteiger partial charge is 0.375 e. The Morgan fingerprint density at radius 3 is 2.56 bits per heavy atom. The van der Waals surface area contributed by atoms with E-state index < -0.39 is 21.4 Å². The van der Waals surface area contributed by atoms with Gasteiger partial charge in [0.05, 0.1) is 10.5 Å². The van der Waals surface area contributed by atoms with Crippen LogP contribution < -0.4 is 4.74 Å². The van der Waals surface area contributed by atoms with Gasteiger partial charge in [-0.25, -0.2) is 18.2 Å². The number of fused-ring (bicyclic) bond motifs is 1. The number of hydrogen-bond donors (Lipinski definition) is 0. The molecule has 1 aliphatic rings. The molecule has 0 bridgehead atoms. The number of sulfone groups is 1. The second-order valence-corrected chi connectivity index (χ2v) is 9.66. The van der Waals surface area contributed by atoms with E-state index in [4.69, 9.17) is 9.47 Å². The van der Waals surface area contributed by atoms with Gasteiger partial charge in [-0.15, -0.1) is 0 Å². The van der Waals surface area contributed by atoms with Gasteiger partial charge in [0.1, 0.15) is 5.60 Å². The molecular formula is C18H16N2O5S2. The van der Waals surface area contributed by atoms with Crippen molar-refractivity contribution < 1.29 is 22.7 Å². The summed E-state index contributed by atoms with van der Waals surface area (Å²) >= 11 is 1.31. The molecule has 1 aromatic carbocycles. The largest absolute Gasteiger partial charge is 0.449 e. The molecule has 0 N–H and O–H groups in total. The molecule has 4 rings (SSSR count). The minimum atomic E-state index is -3.31. The van der Waals surface area contributed by atoms with Crippen LogP contribution >= 0.6 is 11.5 Å². The van der Waals surface area contributed by atoms with Crippen LogP contribution in [0.3, 0.4) is 0 Å². The lowest BCUT2D eigenvalue weighted by atomic mass is 9.92. The van der Waals surface area contributed by atoms with Gasteiger partial charge in [0, 0.05) is 24.7 Å². The van der Waals surface area contributed by atoms with Crippen molar-refractivity contribution in [3.8, 4) is 5.06 Å². The number of carbonyl (C=O) groups excluding carboxylic acids is 1. The highest BCUT2D eigenvalue weighted by molar-refractivity contribution is 7.90. The summed E-state index contributed by atoms with van der Waals surface area (Å²) in [7, 11) is -3.31. The van der Waals surface area contributed by atoms with E-state index in [0.29, 0.717) is 16.2 Å². The van der Waals surface area contributed by atoms with E-state index in [0.717, 1.165) is 11.9 Å². The summed E-state index contributed by atoms with van der Waals surface area (Å²) < 4.78 is 36.6. The van der Waals surface area contributed by atoms with Crippen LogP contribution in [0.15, 0.2) is 53.4 Å². The first-order valence-corrected chi connectivity index (χ1v) is 10.7. The van der Waals surface area contributed by atoms with Gasteiger partial charge in [0.2, 0.25) is 10.8 Å². The number of carbonyl (C=O) groups is 1. The fourth-order valence-electron chi connectivity index (χ4n) is 3.00. The molecular weight excluding hydrogens is 388 g/mol. The number of benzene rings is 1. The Morgan fingerprint density at radius 1 is 1.22 bits per heavy atom. The topological polar surface area (TPSA) is 87.0 Å². The van der Waals surface area contributed by atoms with Crippen molar-refractivity contribution in [3.05, 3.63) is 54.0 Å². The zero-order valence-electron chi connectivity index (χ0n) is 14.8. The molecule has 0 saturated carbocycles. The maximum Gasteiger partial charge on any atom is 0.375 e. The first-order valence-electron chi connectivity index (χ1n) is 8.05. The third-order valence-corrected chi connectivity index (χ3v) is 6.22. The van der Waals surface area contributed by atoms with Crippen LogP contribution in [0.25, 0.3) is 11.2 Å². The Morgan fingerprint density at radius 2 is 1.93 bits per heavy atom. The number of cyclic esters (lactones) is 1. The summed E-state index contributed by atoms with van der Waals surface area (Å²) in [5, 5.41) is 0.507. The fraction of sp³-hybridized carbons (Fsp3) is 0.222. The summed E-state index contributed by atoms with van der Waals surface area (Å²) in [6.07, 6.45) is 4.62. The molecule has 1 aliphatic heterocycles. The molecule has 3 aromatic rings. The molecule has 0 radical (unpaired) electrons. The van der Waals surface area contributed by atoms with E-state index in [1.807, 2.05) is 3.79 Å². The molecule has 0 unspecified atom stereocenters. The SMILES string of the molecule is CC1(C)OC(=O)C(Oc2cc3nccn3s2)=C1c1ccc(S(C)(=O)=O)cc1. The fourth-order valence-corrected chi connectivity index (χ4v) is 4.42. The molecule has 3 heterocycles. The van der Waals surface area contributed by atoms with Gasteiger partial charge in [0.15, 0.2) is 15.5 Å². The van der Waals surface area contributed by atoms with Crippen molar-refractivity contribution in [2.24, 2.45) is 0 Å². The highest BCUT2D eigenvalue weighted by Crippen LogP contribution is 2.41. The average Bonchev–Trinajstić information content (AvgIpc) is 3.19. The van der Waals surface area contributed by atoms with Crippen LogP contribution in [-0.2, 0) is 19.4 Å². The maximum atomic E-state index is 12.4. The number of ether oxygens (including phenoxy) is 2. The molecule has 27 heavy (non-hydrogen) atoms.